The number of aliphatic carboxylic acids is 1. The van der Waals surface area contributed by atoms with Gasteiger partial charge in [-0.3, -0.25) is 14.6 Å². The van der Waals surface area contributed by atoms with Crippen molar-refractivity contribution in [3.05, 3.63) is 89.2 Å². The summed E-state index contributed by atoms with van der Waals surface area (Å²) in [5, 5.41) is 9.18. The lowest BCUT2D eigenvalue weighted by molar-refractivity contribution is -0.137. The Morgan fingerprint density at radius 1 is 1.10 bits per heavy atom. The molecule has 1 atom stereocenters. The minimum atomic E-state index is -0.900. The van der Waals surface area contributed by atoms with Gasteiger partial charge in [0.25, 0.3) is 0 Å². The SMILES string of the molecule is CC(=O)c1ccc(OCc2cccnc2)cc1O[C@@H](CCC(=O)O)c1ccccc1C. The lowest BCUT2D eigenvalue weighted by Gasteiger charge is -2.22. The van der Waals surface area contributed by atoms with Gasteiger partial charge in [-0.15, -0.1) is 0 Å². The Hall–Kier alpha value is -3.67. The van der Waals surface area contributed by atoms with Crippen LogP contribution in [0.4, 0.5) is 0 Å². The first-order valence-corrected chi connectivity index (χ1v) is 10.0. The summed E-state index contributed by atoms with van der Waals surface area (Å²) in [5.74, 6) is -0.126. The Kier molecular flexibility index (Phi) is 7.38. The van der Waals surface area contributed by atoms with Crippen LogP contribution in [0.3, 0.4) is 0 Å². The number of nitrogens with zero attached hydrogens (tertiary/aromatic N) is 1. The second-order valence-corrected chi connectivity index (χ2v) is 7.26. The van der Waals surface area contributed by atoms with Gasteiger partial charge in [0.05, 0.1) is 5.56 Å². The molecule has 1 heterocycles. The van der Waals surface area contributed by atoms with E-state index in [1.165, 1.54) is 6.92 Å². The van der Waals surface area contributed by atoms with Crippen molar-refractivity contribution in [1.29, 1.82) is 0 Å². The van der Waals surface area contributed by atoms with Gasteiger partial charge in [0, 0.05) is 30.4 Å². The molecule has 0 bridgehead atoms. The van der Waals surface area contributed by atoms with E-state index in [9.17, 15) is 14.7 Å². The topological polar surface area (TPSA) is 85.7 Å². The van der Waals surface area contributed by atoms with Crippen LogP contribution < -0.4 is 9.47 Å². The standard InChI is InChI=1S/C25H25NO5/c1-17-6-3-4-8-21(17)23(11-12-25(28)29)31-24-14-20(9-10-22(24)18(2)27)30-16-19-7-5-13-26-15-19/h3-10,13-15,23H,11-12,16H2,1-2H3,(H,28,29)/t23-/m0/s1. The number of pyridine rings is 1. The molecule has 3 rings (SSSR count). The highest BCUT2D eigenvalue weighted by Gasteiger charge is 2.20. The zero-order valence-corrected chi connectivity index (χ0v) is 17.6. The molecule has 160 valence electrons. The molecule has 0 aliphatic rings. The van der Waals surface area contributed by atoms with Crippen LogP contribution in [-0.4, -0.2) is 21.8 Å². The molecule has 0 radical (unpaired) electrons. The van der Waals surface area contributed by atoms with Gasteiger partial charge in [-0.25, -0.2) is 0 Å². The number of ether oxygens (including phenoxy) is 2. The van der Waals surface area contributed by atoms with Crippen LogP contribution in [0.25, 0.3) is 0 Å². The molecule has 6 nitrogen and oxygen atoms in total. The van der Waals surface area contributed by atoms with Gasteiger partial charge in [0.1, 0.15) is 24.2 Å². The molecule has 1 N–H and O–H groups in total. The second-order valence-electron chi connectivity index (χ2n) is 7.26. The lowest BCUT2D eigenvalue weighted by atomic mass is 9.99. The third kappa shape index (κ3) is 6.15. The molecule has 31 heavy (non-hydrogen) atoms. The van der Waals surface area contributed by atoms with Gasteiger partial charge in [0.2, 0.25) is 0 Å². The molecule has 0 spiro atoms. The van der Waals surface area contributed by atoms with Crippen molar-refractivity contribution in [3.63, 3.8) is 0 Å². The maximum Gasteiger partial charge on any atom is 0.303 e. The van der Waals surface area contributed by atoms with E-state index in [4.69, 9.17) is 9.47 Å². The molecule has 0 aliphatic heterocycles. The van der Waals surface area contributed by atoms with Crippen molar-refractivity contribution in [2.24, 2.45) is 0 Å². The van der Waals surface area contributed by atoms with Crippen molar-refractivity contribution in [2.75, 3.05) is 0 Å². The quantitative estimate of drug-likeness (QED) is 0.457. The number of carboxylic acids is 1. The van der Waals surface area contributed by atoms with Crippen LogP contribution in [0.15, 0.2) is 67.0 Å². The Bertz CT molecular complexity index is 1050. The zero-order chi connectivity index (χ0) is 22.2. The highest BCUT2D eigenvalue weighted by molar-refractivity contribution is 5.97. The average Bonchev–Trinajstić information content (AvgIpc) is 2.76. The molecular weight excluding hydrogens is 394 g/mol. The summed E-state index contributed by atoms with van der Waals surface area (Å²) in [4.78, 5) is 27.4. The molecule has 2 aromatic carbocycles. The number of Topliss-reactive ketones (excluding diaryl/α,β-unsaturated/α-hetero) is 1. The highest BCUT2D eigenvalue weighted by atomic mass is 16.5. The summed E-state index contributed by atoms with van der Waals surface area (Å²) in [7, 11) is 0. The number of aromatic nitrogens is 1. The monoisotopic (exact) mass is 419 g/mol. The number of ketones is 1. The fourth-order valence-corrected chi connectivity index (χ4v) is 3.26. The fourth-order valence-electron chi connectivity index (χ4n) is 3.26. The van der Waals surface area contributed by atoms with Gasteiger partial charge in [-0.2, -0.15) is 0 Å². The van der Waals surface area contributed by atoms with E-state index in [1.807, 2.05) is 43.3 Å². The van der Waals surface area contributed by atoms with E-state index in [-0.39, 0.29) is 18.6 Å². The number of rotatable bonds is 10. The Balaban J connectivity index is 1.88. The summed E-state index contributed by atoms with van der Waals surface area (Å²) >= 11 is 0. The summed E-state index contributed by atoms with van der Waals surface area (Å²) < 4.78 is 12.1. The van der Waals surface area contributed by atoms with Crippen molar-refractivity contribution < 1.29 is 24.2 Å². The lowest BCUT2D eigenvalue weighted by Crippen LogP contribution is -2.13. The number of carbonyl (C=O) groups is 2. The van der Waals surface area contributed by atoms with E-state index >= 15 is 0 Å². The third-order valence-electron chi connectivity index (χ3n) is 4.89. The van der Waals surface area contributed by atoms with E-state index in [1.54, 1.807) is 30.6 Å². The molecule has 6 heteroatoms. The highest BCUT2D eigenvalue weighted by Crippen LogP contribution is 2.33. The first-order chi connectivity index (χ1) is 14.9. The number of carboxylic acid groups (broad SMARTS) is 1. The molecule has 0 fully saturated rings. The predicted octanol–water partition coefficient (Wildman–Crippen LogP) is 5.16. The van der Waals surface area contributed by atoms with E-state index in [0.717, 1.165) is 16.7 Å². The molecule has 0 amide bonds. The molecule has 0 saturated heterocycles. The van der Waals surface area contributed by atoms with Crippen molar-refractivity contribution in [2.45, 2.75) is 39.4 Å². The molecular formula is C25H25NO5. The van der Waals surface area contributed by atoms with Crippen LogP contribution in [0.5, 0.6) is 11.5 Å². The number of carbonyl (C=O) groups excluding carboxylic acids is 1. The van der Waals surface area contributed by atoms with Crippen LogP contribution in [-0.2, 0) is 11.4 Å². The smallest absolute Gasteiger partial charge is 0.303 e. The van der Waals surface area contributed by atoms with Gasteiger partial charge in [-0.05, 0) is 49.6 Å². The zero-order valence-electron chi connectivity index (χ0n) is 17.6. The molecule has 0 unspecified atom stereocenters. The maximum atomic E-state index is 12.2. The number of benzene rings is 2. The number of aryl methyl sites for hydroxylation is 1. The average molecular weight is 419 g/mol. The summed E-state index contributed by atoms with van der Waals surface area (Å²) in [6, 6.07) is 16.5. The Labute approximate surface area is 181 Å². The normalized spacial score (nSPS) is 11.5. The summed E-state index contributed by atoms with van der Waals surface area (Å²) in [6.07, 6.45) is 3.13. The Morgan fingerprint density at radius 2 is 1.90 bits per heavy atom. The predicted molar refractivity (Wildman–Crippen MR) is 116 cm³/mol. The summed E-state index contributed by atoms with van der Waals surface area (Å²) in [6.45, 7) is 3.75. The van der Waals surface area contributed by atoms with Crippen LogP contribution in [0.1, 0.15) is 52.9 Å². The van der Waals surface area contributed by atoms with E-state index in [0.29, 0.717) is 23.7 Å². The van der Waals surface area contributed by atoms with Crippen LogP contribution in [0, 0.1) is 6.92 Å². The third-order valence-corrected chi connectivity index (χ3v) is 4.89. The fraction of sp³-hybridized carbons (Fsp3) is 0.240. The first-order valence-electron chi connectivity index (χ1n) is 10.0. The maximum absolute atomic E-state index is 12.2. The van der Waals surface area contributed by atoms with E-state index < -0.39 is 12.1 Å². The summed E-state index contributed by atoms with van der Waals surface area (Å²) in [5.41, 5.74) is 3.22. The second kappa shape index (κ2) is 10.4. The minimum Gasteiger partial charge on any atom is -0.489 e. The van der Waals surface area contributed by atoms with Crippen molar-refractivity contribution in [1.82, 2.24) is 4.98 Å². The molecule has 0 aliphatic carbocycles. The van der Waals surface area contributed by atoms with E-state index in [2.05, 4.69) is 4.98 Å². The molecule has 1 aromatic heterocycles. The van der Waals surface area contributed by atoms with Crippen molar-refractivity contribution >= 4 is 11.8 Å². The van der Waals surface area contributed by atoms with Crippen molar-refractivity contribution in [3.8, 4) is 11.5 Å². The van der Waals surface area contributed by atoms with Crippen LogP contribution in [0.2, 0.25) is 0 Å². The number of hydrogen-bond acceptors (Lipinski definition) is 5. The Morgan fingerprint density at radius 3 is 2.58 bits per heavy atom. The molecule has 3 aromatic rings. The van der Waals surface area contributed by atoms with Gasteiger partial charge in [0.15, 0.2) is 5.78 Å². The molecule has 0 saturated carbocycles. The number of hydrogen-bond donors (Lipinski definition) is 1. The van der Waals surface area contributed by atoms with Gasteiger partial charge in [-0.1, -0.05) is 30.3 Å². The first kappa shape index (κ1) is 22.0. The van der Waals surface area contributed by atoms with Crippen LogP contribution >= 0.6 is 0 Å². The van der Waals surface area contributed by atoms with Gasteiger partial charge < -0.3 is 14.6 Å². The minimum absolute atomic E-state index is 0.0500. The van der Waals surface area contributed by atoms with Gasteiger partial charge >= 0.3 is 5.97 Å². The largest absolute Gasteiger partial charge is 0.489 e.